The van der Waals surface area contributed by atoms with Gasteiger partial charge in [0.25, 0.3) is 5.91 Å². The monoisotopic (exact) mass is 499 g/mol. The van der Waals surface area contributed by atoms with Crippen LogP contribution in [0.3, 0.4) is 0 Å². The molecule has 0 aromatic heterocycles. The average Bonchev–Trinajstić information content (AvgIpc) is 2.80. The Morgan fingerprint density at radius 3 is 2.32 bits per heavy atom. The second kappa shape index (κ2) is 10.3. The molecule has 0 bridgehead atoms. The third-order valence-electron chi connectivity index (χ3n) is 5.74. The van der Waals surface area contributed by atoms with Crippen LogP contribution in [0.4, 0.5) is 24.5 Å². The summed E-state index contributed by atoms with van der Waals surface area (Å²) in [5.74, 6) is -0.691. The first-order chi connectivity index (χ1) is 16.0. The first kappa shape index (κ1) is 26.0. The molecule has 1 fully saturated rings. The molecule has 2 aromatic rings. The van der Waals surface area contributed by atoms with Crippen LogP contribution in [0.1, 0.15) is 35.3 Å². The van der Waals surface area contributed by atoms with Gasteiger partial charge in [-0.15, -0.1) is 0 Å². The predicted molar refractivity (Wildman–Crippen MR) is 124 cm³/mol. The van der Waals surface area contributed by atoms with Gasteiger partial charge in [0.2, 0.25) is 10.0 Å². The van der Waals surface area contributed by atoms with Crippen molar-refractivity contribution in [1.29, 1.82) is 0 Å². The van der Waals surface area contributed by atoms with E-state index >= 15 is 0 Å². The van der Waals surface area contributed by atoms with Gasteiger partial charge in [0.1, 0.15) is 0 Å². The highest BCUT2D eigenvalue weighted by molar-refractivity contribution is 7.89. The van der Waals surface area contributed by atoms with Crippen LogP contribution in [-0.4, -0.2) is 58.0 Å². The SMILES string of the molecule is CCN(CC)c1ccc(C(F)(F)F)cc1NC(=O)c1cc(S(=O)(=O)N2CCOCC2)ccc1C. The van der Waals surface area contributed by atoms with Gasteiger partial charge in [-0.1, -0.05) is 6.07 Å². The van der Waals surface area contributed by atoms with Gasteiger partial charge in [0, 0.05) is 31.7 Å². The highest BCUT2D eigenvalue weighted by Crippen LogP contribution is 2.36. The fraction of sp³-hybridized carbons (Fsp3) is 0.435. The lowest BCUT2D eigenvalue weighted by Gasteiger charge is -2.26. The quantitative estimate of drug-likeness (QED) is 0.620. The minimum absolute atomic E-state index is 0.00404. The van der Waals surface area contributed by atoms with Crippen LogP contribution in [0.5, 0.6) is 0 Å². The molecule has 1 amide bonds. The molecule has 0 atom stereocenters. The molecule has 3 rings (SSSR count). The topological polar surface area (TPSA) is 79.0 Å². The van der Waals surface area contributed by atoms with Crippen LogP contribution in [0.2, 0.25) is 0 Å². The molecule has 0 saturated carbocycles. The van der Waals surface area contributed by atoms with Crippen LogP contribution >= 0.6 is 0 Å². The molecule has 0 unspecified atom stereocenters. The van der Waals surface area contributed by atoms with Gasteiger partial charge in [0.05, 0.1) is 35.0 Å². The summed E-state index contributed by atoms with van der Waals surface area (Å²) in [6, 6.07) is 7.40. The fourth-order valence-electron chi connectivity index (χ4n) is 3.78. The Hall–Kier alpha value is -2.63. The minimum atomic E-state index is -4.58. The number of nitrogens with one attached hydrogen (secondary N) is 1. The Balaban J connectivity index is 1.98. The average molecular weight is 500 g/mol. The van der Waals surface area contributed by atoms with Crippen molar-refractivity contribution in [3.05, 3.63) is 53.1 Å². The Kier molecular flexibility index (Phi) is 7.89. The molecule has 1 aliphatic heterocycles. The Morgan fingerprint density at radius 1 is 1.09 bits per heavy atom. The minimum Gasteiger partial charge on any atom is -0.379 e. The van der Waals surface area contributed by atoms with Gasteiger partial charge in [-0.2, -0.15) is 17.5 Å². The molecule has 1 saturated heterocycles. The molecule has 7 nitrogen and oxygen atoms in total. The molecule has 186 valence electrons. The largest absolute Gasteiger partial charge is 0.416 e. The van der Waals surface area contributed by atoms with Crippen molar-refractivity contribution in [2.45, 2.75) is 31.8 Å². The van der Waals surface area contributed by atoms with Crippen LogP contribution in [0, 0.1) is 6.92 Å². The molecule has 11 heteroatoms. The lowest BCUT2D eigenvalue weighted by Crippen LogP contribution is -2.40. The third kappa shape index (κ3) is 5.53. The molecule has 2 aromatic carbocycles. The Labute approximate surface area is 197 Å². The normalized spacial score (nSPS) is 15.2. The summed E-state index contributed by atoms with van der Waals surface area (Å²) in [7, 11) is -3.85. The number of nitrogens with zero attached hydrogens (tertiary/aromatic N) is 2. The highest BCUT2D eigenvalue weighted by Gasteiger charge is 2.32. The number of alkyl halides is 3. The van der Waals surface area contributed by atoms with E-state index in [-0.39, 0.29) is 42.4 Å². The van der Waals surface area contributed by atoms with E-state index in [0.717, 1.165) is 12.1 Å². The fourth-order valence-corrected chi connectivity index (χ4v) is 5.22. The van der Waals surface area contributed by atoms with Crippen LogP contribution in [-0.2, 0) is 20.9 Å². The van der Waals surface area contributed by atoms with Crippen LogP contribution in [0.25, 0.3) is 0 Å². The standard InChI is InChI=1S/C23H28F3N3O4S/c1-4-28(5-2)21-9-7-17(23(24,25)26)14-20(21)27-22(30)19-15-18(8-6-16(19)3)34(31,32)29-10-12-33-13-11-29/h6-9,14-15H,4-5,10-13H2,1-3H3,(H,27,30). The van der Waals surface area contributed by atoms with Crippen molar-refractivity contribution in [2.24, 2.45) is 0 Å². The van der Waals surface area contributed by atoms with Crippen molar-refractivity contribution in [3.8, 4) is 0 Å². The number of carbonyl (C=O) groups excluding carboxylic acids is 1. The summed E-state index contributed by atoms with van der Waals surface area (Å²) in [6.07, 6.45) is -4.58. The number of hydrogen-bond donors (Lipinski definition) is 1. The number of hydrogen-bond acceptors (Lipinski definition) is 5. The number of anilines is 2. The van der Waals surface area contributed by atoms with Crippen LogP contribution < -0.4 is 10.2 Å². The van der Waals surface area contributed by atoms with Gasteiger partial charge in [-0.3, -0.25) is 4.79 Å². The van der Waals surface area contributed by atoms with Gasteiger partial charge in [-0.25, -0.2) is 8.42 Å². The number of carbonyl (C=O) groups is 1. The van der Waals surface area contributed by atoms with E-state index in [1.54, 1.807) is 6.92 Å². The molecule has 1 N–H and O–H groups in total. The number of benzene rings is 2. The van der Waals surface area contributed by atoms with E-state index in [2.05, 4.69) is 5.32 Å². The lowest BCUT2D eigenvalue weighted by molar-refractivity contribution is -0.137. The molecule has 1 aliphatic rings. The summed E-state index contributed by atoms with van der Waals surface area (Å²) < 4.78 is 72.6. The Morgan fingerprint density at radius 2 is 1.74 bits per heavy atom. The second-order valence-corrected chi connectivity index (χ2v) is 9.79. The predicted octanol–water partition coefficient (Wildman–Crippen LogP) is 4.13. The van der Waals surface area contributed by atoms with E-state index in [1.165, 1.54) is 28.6 Å². The molecule has 34 heavy (non-hydrogen) atoms. The van der Waals surface area contributed by atoms with E-state index in [4.69, 9.17) is 4.74 Å². The number of morpholine rings is 1. The zero-order chi connectivity index (χ0) is 25.1. The van der Waals surface area contributed by atoms with Gasteiger partial charge >= 0.3 is 6.18 Å². The molecular formula is C23H28F3N3O4S. The number of ether oxygens (including phenoxy) is 1. The number of halogens is 3. The van der Waals surface area contributed by atoms with Crippen molar-refractivity contribution in [3.63, 3.8) is 0 Å². The first-order valence-electron chi connectivity index (χ1n) is 10.9. The third-order valence-corrected chi connectivity index (χ3v) is 7.63. The zero-order valence-corrected chi connectivity index (χ0v) is 20.1. The summed E-state index contributed by atoms with van der Waals surface area (Å²) >= 11 is 0. The summed E-state index contributed by atoms with van der Waals surface area (Å²) in [5.41, 5.74) is 0.122. The Bertz CT molecular complexity index is 1140. The summed E-state index contributed by atoms with van der Waals surface area (Å²) in [4.78, 5) is 14.9. The maximum Gasteiger partial charge on any atom is 0.416 e. The maximum atomic E-state index is 13.3. The van der Waals surface area contributed by atoms with Crippen molar-refractivity contribution in [1.82, 2.24) is 4.31 Å². The van der Waals surface area contributed by atoms with E-state index in [9.17, 15) is 26.4 Å². The summed E-state index contributed by atoms with van der Waals surface area (Å²) in [6.45, 7) is 7.37. The number of aryl methyl sites for hydroxylation is 1. The van der Waals surface area contributed by atoms with Gasteiger partial charge in [0.15, 0.2) is 0 Å². The zero-order valence-electron chi connectivity index (χ0n) is 19.3. The molecule has 1 heterocycles. The van der Waals surface area contributed by atoms with Crippen molar-refractivity contribution < 1.29 is 31.1 Å². The van der Waals surface area contributed by atoms with E-state index in [1.807, 2.05) is 18.7 Å². The van der Waals surface area contributed by atoms with Crippen molar-refractivity contribution >= 4 is 27.3 Å². The van der Waals surface area contributed by atoms with E-state index in [0.29, 0.717) is 24.3 Å². The number of amides is 1. The maximum absolute atomic E-state index is 13.3. The summed E-state index contributed by atoms with van der Waals surface area (Å²) in [5, 5.41) is 2.58. The first-order valence-corrected chi connectivity index (χ1v) is 12.4. The second-order valence-electron chi connectivity index (χ2n) is 7.85. The van der Waals surface area contributed by atoms with Gasteiger partial charge in [-0.05, 0) is 56.7 Å². The van der Waals surface area contributed by atoms with Gasteiger partial charge < -0.3 is 15.0 Å². The lowest BCUT2D eigenvalue weighted by atomic mass is 10.1. The number of rotatable bonds is 7. The van der Waals surface area contributed by atoms with E-state index < -0.39 is 27.7 Å². The highest BCUT2D eigenvalue weighted by atomic mass is 32.2. The van der Waals surface area contributed by atoms with Crippen LogP contribution in [0.15, 0.2) is 41.3 Å². The molecule has 0 radical (unpaired) electrons. The van der Waals surface area contributed by atoms with Crippen molar-refractivity contribution in [2.75, 3.05) is 49.6 Å². The molecule has 0 aliphatic carbocycles. The smallest absolute Gasteiger partial charge is 0.379 e. The molecular weight excluding hydrogens is 471 g/mol. The number of sulfonamides is 1. The molecule has 0 spiro atoms.